The van der Waals surface area contributed by atoms with Crippen molar-refractivity contribution in [1.29, 1.82) is 0 Å². The summed E-state index contributed by atoms with van der Waals surface area (Å²) in [5.74, 6) is 4.72. The molecule has 2 rings (SSSR count). The van der Waals surface area contributed by atoms with E-state index in [2.05, 4.69) is 10.5 Å². The fraction of sp³-hybridized carbons (Fsp3) is 0.182. The van der Waals surface area contributed by atoms with Gasteiger partial charge in [0.1, 0.15) is 6.33 Å². The number of nitrogens with one attached hydrogen (secondary N) is 1. The van der Waals surface area contributed by atoms with Gasteiger partial charge in [-0.1, -0.05) is 18.2 Å². The average Bonchev–Trinajstić information content (AvgIpc) is 2.70. The zero-order chi connectivity index (χ0) is 13.1. The lowest BCUT2D eigenvalue weighted by molar-refractivity contribution is 0.0952. The van der Waals surface area contributed by atoms with Crippen LogP contribution in [-0.4, -0.2) is 20.3 Å². The monoisotopic (exact) mass is 247 g/mol. The minimum absolute atomic E-state index is 0.225. The van der Waals surface area contributed by atoms with Crippen LogP contribution >= 0.6 is 0 Å². The van der Waals surface area contributed by atoms with Gasteiger partial charge in [-0.25, -0.2) is 15.3 Å². The fourth-order valence-corrected chi connectivity index (χ4v) is 1.65. The Hall–Kier alpha value is -2.41. The Kier molecular flexibility index (Phi) is 3.24. The van der Waals surface area contributed by atoms with Crippen LogP contribution in [0.25, 0.3) is 0 Å². The molecule has 0 aliphatic rings. The molecular weight excluding hydrogens is 234 g/mol. The van der Waals surface area contributed by atoms with E-state index in [-0.39, 0.29) is 12.2 Å². The van der Waals surface area contributed by atoms with Gasteiger partial charge < -0.3 is 0 Å². The summed E-state index contributed by atoms with van der Waals surface area (Å²) < 4.78 is 2.65. The van der Waals surface area contributed by atoms with Crippen molar-refractivity contribution in [3.63, 3.8) is 0 Å². The van der Waals surface area contributed by atoms with Gasteiger partial charge in [-0.2, -0.15) is 5.10 Å². The summed E-state index contributed by atoms with van der Waals surface area (Å²) in [6, 6.07) is 6.92. The molecule has 0 radical (unpaired) electrons. The molecule has 3 N–H and O–H groups in total. The Bertz CT molecular complexity index is 628. The lowest BCUT2D eigenvalue weighted by atomic mass is 10.1. The number of nitrogens with zero attached hydrogens (tertiary/aromatic N) is 3. The molecule has 1 heterocycles. The van der Waals surface area contributed by atoms with E-state index < -0.39 is 5.91 Å². The van der Waals surface area contributed by atoms with Crippen LogP contribution in [0.2, 0.25) is 0 Å². The number of carbonyl (C=O) groups excluding carboxylic acids is 1. The van der Waals surface area contributed by atoms with E-state index in [1.807, 2.05) is 0 Å². The van der Waals surface area contributed by atoms with Crippen LogP contribution in [0.5, 0.6) is 0 Å². The molecule has 0 atom stereocenters. The zero-order valence-corrected chi connectivity index (χ0v) is 9.83. The molecule has 1 aromatic carbocycles. The molecule has 0 bridgehead atoms. The lowest BCUT2D eigenvalue weighted by Gasteiger charge is -2.07. The molecule has 0 saturated heterocycles. The summed E-state index contributed by atoms with van der Waals surface area (Å²) >= 11 is 0. The molecule has 94 valence electrons. The lowest BCUT2D eigenvalue weighted by Crippen LogP contribution is -2.31. The average molecular weight is 247 g/mol. The number of hydrogen-bond acceptors (Lipinski definition) is 4. The van der Waals surface area contributed by atoms with Crippen LogP contribution in [0.1, 0.15) is 15.9 Å². The zero-order valence-electron chi connectivity index (χ0n) is 9.83. The fourth-order valence-electron chi connectivity index (χ4n) is 1.65. The van der Waals surface area contributed by atoms with Gasteiger partial charge in [0.05, 0.1) is 6.54 Å². The molecule has 0 fully saturated rings. The van der Waals surface area contributed by atoms with Crippen molar-refractivity contribution in [2.45, 2.75) is 6.54 Å². The molecule has 0 aliphatic carbocycles. The molecule has 1 aromatic heterocycles. The second-order valence-electron chi connectivity index (χ2n) is 3.81. The highest BCUT2D eigenvalue weighted by Gasteiger charge is 2.11. The Morgan fingerprint density at radius 1 is 1.44 bits per heavy atom. The van der Waals surface area contributed by atoms with E-state index in [4.69, 9.17) is 5.84 Å². The number of hydrogen-bond donors (Lipinski definition) is 2. The van der Waals surface area contributed by atoms with Crippen LogP contribution in [0, 0.1) is 0 Å². The highest BCUT2D eigenvalue weighted by atomic mass is 16.2. The van der Waals surface area contributed by atoms with E-state index in [1.54, 1.807) is 31.3 Å². The van der Waals surface area contributed by atoms with Crippen LogP contribution in [-0.2, 0) is 13.6 Å². The Balaban J connectivity index is 2.38. The van der Waals surface area contributed by atoms with E-state index in [0.29, 0.717) is 11.1 Å². The van der Waals surface area contributed by atoms with Gasteiger partial charge in [0.25, 0.3) is 5.91 Å². The molecule has 2 aromatic rings. The van der Waals surface area contributed by atoms with Crippen molar-refractivity contribution in [3.05, 3.63) is 52.2 Å². The largest absolute Gasteiger partial charge is 0.345 e. The summed E-state index contributed by atoms with van der Waals surface area (Å²) in [4.78, 5) is 23.2. The van der Waals surface area contributed by atoms with Gasteiger partial charge in [0.15, 0.2) is 0 Å². The van der Waals surface area contributed by atoms with Crippen LogP contribution in [0.4, 0.5) is 0 Å². The Labute approximate surface area is 103 Å². The number of rotatable bonds is 3. The molecule has 7 nitrogen and oxygen atoms in total. The molecule has 0 saturated carbocycles. The van der Waals surface area contributed by atoms with Crippen molar-refractivity contribution in [1.82, 2.24) is 19.8 Å². The SMILES string of the molecule is Cn1cnn(Cc2ccccc2C(=O)NN)c1=O. The molecule has 7 heteroatoms. The quantitative estimate of drug-likeness (QED) is 0.423. The number of nitrogen functional groups attached to an aromatic ring is 1. The second kappa shape index (κ2) is 4.84. The molecule has 18 heavy (non-hydrogen) atoms. The molecule has 0 unspecified atom stereocenters. The highest BCUT2D eigenvalue weighted by molar-refractivity contribution is 5.95. The maximum Gasteiger partial charge on any atom is 0.345 e. The van der Waals surface area contributed by atoms with Crippen molar-refractivity contribution < 1.29 is 4.79 Å². The van der Waals surface area contributed by atoms with Gasteiger partial charge in [0, 0.05) is 12.6 Å². The third-order valence-electron chi connectivity index (χ3n) is 2.60. The Morgan fingerprint density at radius 3 is 2.78 bits per heavy atom. The highest BCUT2D eigenvalue weighted by Crippen LogP contribution is 2.09. The first-order chi connectivity index (χ1) is 8.63. The first kappa shape index (κ1) is 12.1. The number of amides is 1. The number of nitrogens with two attached hydrogens (primary N) is 1. The normalized spacial score (nSPS) is 10.3. The van der Waals surface area contributed by atoms with Gasteiger partial charge in [-0.05, 0) is 11.6 Å². The maximum absolute atomic E-state index is 11.7. The van der Waals surface area contributed by atoms with Crippen molar-refractivity contribution in [3.8, 4) is 0 Å². The van der Waals surface area contributed by atoms with E-state index in [9.17, 15) is 9.59 Å². The third kappa shape index (κ3) is 2.16. The maximum atomic E-state index is 11.7. The van der Waals surface area contributed by atoms with E-state index in [1.165, 1.54) is 15.6 Å². The van der Waals surface area contributed by atoms with Crippen molar-refractivity contribution >= 4 is 5.91 Å². The Morgan fingerprint density at radius 2 is 2.17 bits per heavy atom. The summed E-state index contributed by atoms with van der Waals surface area (Å²) in [7, 11) is 1.62. The number of aromatic nitrogens is 3. The predicted molar refractivity (Wildman–Crippen MR) is 64.7 cm³/mol. The number of benzene rings is 1. The van der Waals surface area contributed by atoms with Crippen LogP contribution in [0.15, 0.2) is 35.4 Å². The topological polar surface area (TPSA) is 94.9 Å². The second-order valence-corrected chi connectivity index (χ2v) is 3.81. The number of carbonyl (C=O) groups is 1. The smallest absolute Gasteiger partial charge is 0.290 e. The molecule has 1 amide bonds. The first-order valence-corrected chi connectivity index (χ1v) is 5.30. The number of hydrazine groups is 1. The van der Waals surface area contributed by atoms with Gasteiger partial charge in [-0.3, -0.25) is 14.8 Å². The predicted octanol–water partition coefficient (Wildman–Crippen LogP) is -0.766. The molecule has 0 aliphatic heterocycles. The first-order valence-electron chi connectivity index (χ1n) is 5.30. The van der Waals surface area contributed by atoms with Crippen LogP contribution in [0.3, 0.4) is 0 Å². The minimum Gasteiger partial charge on any atom is -0.290 e. The summed E-state index contributed by atoms with van der Waals surface area (Å²) in [6.07, 6.45) is 1.42. The minimum atomic E-state index is -0.394. The van der Waals surface area contributed by atoms with Gasteiger partial charge >= 0.3 is 5.69 Å². The van der Waals surface area contributed by atoms with Crippen molar-refractivity contribution in [2.75, 3.05) is 0 Å². The van der Waals surface area contributed by atoms with Crippen molar-refractivity contribution in [2.24, 2.45) is 12.9 Å². The summed E-state index contributed by atoms with van der Waals surface area (Å²) in [5, 5.41) is 3.94. The number of aryl methyl sites for hydroxylation is 1. The summed E-state index contributed by atoms with van der Waals surface area (Å²) in [5.41, 5.74) is 2.95. The van der Waals surface area contributed by atoms with Gasteiger partial charge in [0.2, 0.25) is 0 Å². The van der Waals surface area contributed by atoms with Gasteiger partial charge in [-0.15, -0.1) is 0 Å². The molecule has 0 spiro atoms. The summed E-state index contributed by atoms with van der Waals surface area (Å²) in [6.45, 7) is 0.225. The standard InChI is InChI=1S/C11H13N5O2/c1-15-7-13-16(11(15)18)6-8-4-2-3-5-9(8)10(17)14-12/h2-5,7H,6,12H2,1H3,(H,14,17). The third-order valence-corrected chi connectivity index (χ3v) is 2.60. The molecular formula is C11H13N5O2. The van der Waals surface area contributed by atoms with E-state index >= 15 is 0 Å². The van der Waals surface area contributed by atoms with E-state index in [0.717, 1.165) is 0 Å². The van der Waals surface area contributed by atoms with Crippen LogP contribution < -0.4 is 17.0 Å².